The van der Waals surface area contributed by atoms with Gasteiger partial charge in [0.1, 0.15) is 0 Å². The summed E-state index contributed by atoms with van der Waals surface area (Å²) in [6.07, 6.45) is 0. The molecule has 1 heterocycles. The second kappa shape index (κ2) is 5.62. The van der Waals surface area contributed by atoms with E-state index in [2.05, 4.69) is 10.2 Å². The number of carbonyl (C=O) groups excluding carboxylic acids is 1. The van der Waals surface area contributed by atoms with Crippen molar-refractivity contribution in [3.05, 3.63) is 35.4 Å². The van der Waals surface area contributed by atoms with Crippen LogP contribution in [0, 0.1) is 11.3 Å². The fourth-order valence-corrected chi connectivity index (χ4v) is 2.78. The number of carbonyl (C=O) groups is 1. The molecule has 2 N–H and O–H groups in total. The molecule has 0 amide bonds. The molecule has 7 heteroatoms. The van der Waals surface area contributed by atoms with Crippen LogP contribution in [0.5, 0.6) is 0 Å². The molecule has 0 spiro atoms. The van der Waals surface area contributed by atoms with Gasteiger partial charge in [0.25, 0.3) is 0 Å². The van der Waals surface area contributed by atoms with Gasteiger partial charge in [-0.3, -0.25) is 4.79 Å². The Hall–Kier alpha value is -1.91. The van der Waals surface area contributed by atoms with Crippen molar-refractivity contribution in [3.8, 4) is 6.07 Å². The Balaban J connectivity index is 2.01. The fraction of sp³-hybridized carbons (Fsp3) is 0.0909. The minimum atomic E-state index is -0.0501. The number of thioether (sulfide) groups is 1. The van der Waals surface area contributed by atoms with Crippen LogP contribution >= 0.6 is 23.1 Å². The number of nitrogen functional groups attached to an aromatic ring is 1. The van der Waals surface area contributed by atoms with E-state index in [9.17, 15) is 4.79 Å². The average molecular weight is 276 g/mol. The third kappa shape index (κ3) is 3.06. The van der Waals surface area contributed by atoms with Crippen LogP contribution in [0.25, 0.3) is 0 Å². The summed E-state index contributed by atoms with van der Waals surface area (Å²) in [6, 6.07) is 8.63. The molecule has 0 unspecified atom stereocenters. The molecule has 90 valence electrons. The maximum absolute atomic E-state index is 11.9. The lowest BCUT2D eigenvalue weighted by Crippen LogP contribution is -2.02. The zero-order valence-corrected chi connectivity index (χ0v) is 10.8. The van der Waals surface area contributed by atoms with Crippen LogP contribution in [-0.4, -0.2) is 21.7 Å². The molecule has 0 aliphatic carbocycles. The lowest BCUT2D eigenvalue weighted by atomic mass is 10.1. The van der Waals surface area contributed by atoms with Crippen LogP contribution in [0.15, 0.2) is 28.6 Å². The number of aromatic nitrogens is 2. The number of ketones is 1. The van der Waals surface area contributed by atoms with Gasteiger partial charge in [-0.05, 0) is 12.1 Å². The molecule has 1 aromatic carbocycles. The number of hydrogen-bond donors (Lipinski definition) is 1. The van der Waals surface area contributed by atoms with Crippen molar-refractivity contribution in [2.45, 2.75) is 4.34 Å². The Morgan fingerprint density at radius 3 is 3.00 bits per heavy atom. The SMILES string of the molecule is N#Cc1cccc(C(=O)CSc2nnc(N)s2)c1. The van der Waals surface area contributed by atoms with Crippen LogP contribution in [0.1, 0.15) is 15.9 Å². The first-order valence-electron chi connectivity index (χ1n) is 4.94. The molecule has 2 aromatic rings. The smallest absolute Gasteiger partial charge is 0.203 e. The number of rotatable bonds is 4. The maximum atomic E-state index is 11.9. The van der Waals surface area contributed by atoms with Crippen molar-refractivity contribution in [1.29, 1.82) is 5.26 Å². The van der Waals surface area contributed by atoms with Gasteiger partial charge in [0.15, 0.2) is 10.1 Å². The van der Waals surface area contributed by atoms with Crippen LogP contribution in [0.4, 0.5) is 5.13 Å². The average Bonchev–Trinajstić information content (AvgIpc) is 2.82. The molecule has 0 aliphatic heterocycles. The van der Waals surface area contributed by atoms with Gasteiger partial charge >= 0.3 is 0 Å². The summed E-state index contributed by atoms with van der Waals surface area (Å²) >= 11 is 2.54. The predicted molar refractivity (Wildman–Crippen MR) is 70.5 cm³/mol. The predicted octanol–water partition coefficient (Wildman–Crippen LogP) is 1.97. The largest absolute Gasteiger partial charge is 0.374 e. The van der Waals surface area contributed by atoms with Crippen molar-refractivity contribution < 1.29 is 4.79 Å². The summed E-state index contributed by atoms with van der Waals surface area (Å²) < 4.78 is 0.664. The molecule has 0 bridgehead atoms. The van der Waals surface area contributed by atoms with Crippen molar-refractivity contribution >= 4 is 34.0 Å². The molecule has 0 aliphatic rings. The summed E-state index contributed by atoms with van der Waals surface area (Å²) in [7, 11) is 0. The number of anilines is 1. The summed E-state index contributed by atoms with van der Waals surface area (Å²) in [4.78, 5) is 11.9. The first kappa shape index (κ1) is 12.5. The fourth-order valence-electron chi connectivity index (χ4n) is 1.25. The highest BCUT2D eigenvalue weighted by atomic mass is 32.2. The van der Waals surface area contributed by atoms with Gasteiger partial charge in [0, 0.05) is 5.56 Å². The normalized spacial score (nSPS) is 9.94. The Bertz CT molecular complexity index is 618. The molecular formula is C11H8N4OS2. The van der Waals surface area contributed by atoms with Crippen molar-refractivity contribution in [2.24, 2.45) is 0 Å². The monoisotopic (exact) mass is 276 g/mol. The molecule has 0 radical (unpaired) electrons. The van der Waals surface area contributed by atoms with Gasteiger partial charge in [-0.2, -0.15) is 5.26 Å². The molecule has 0 fully saturated rings. The number of Topliss-reactive ketones (excluding diaryl/α,β-unsaturated/α-hetero) is 1. The first-order valence-corrected chi connectivity index (χ1v) is 6.74. The minimum Gasteiger partial charge on any atom is -0.374 e. The van der Waals surface area contributed by atoms with Gasteiger partial charge in [0.2, 0.25) is 5.13 Å². The van der Waals surface area contributed by atoms with Gasteiger partial charge < -0.3 is 5.73 Å². The van der Waals surface area contributed by atoms with E-state index in [0.717, 1.165) is 0 Å². The molecular weight excluding hydrogens is 268 g/mol. The number of nitriles is 1. The third-order valence-corrected chi connectivity index (χ3v) is 3.95. The summed E-state index contributed by atoms with van der Waals surface area (Å²) in [5.41, 5.74) is 6.45. The van der Waals surface area contributed by atoms with Crippen LogP contribution in [-0.2, 0) is 0 Å². The van der Waals surface area contributed by atoms with Gasteiger partial charge in [-0.25, -0.2) is 0 Å². The van der Waals surface area contributed by atoms with Gasteiger partial charge in [-0.15, -0.1) is 10.2 Å². The second-order valence-corrected chi connectivity index (χ2v) is 5.54. The third-order valence-electron chi connectivity index (χ3n) is 2.06. The second-order valence-electron chi connectivity index (χ2n) is 3.31. The molecule has 0 saturated carbocycles. The topological polar surface area (TPSA) is 92.7 Å². The molecule has 1 aromatic heterocycles. The lowest BCUT2D eigenvalue weighted by molar-refractivity contribution is 0.102. The molecule has 0 atom stereocenters. The summed E-state index contributed by atoms with van der Waals surface area (Å²) in [5.74, 6) is 0.203. The van der Waals surface area contributed by atoms with E-state index in [0.29, 0.717) is 20.6 Å². The Morgan fingerprint density at radius 2 is 2.33 bits per heavy atom. The minimum absolute atomic E-state index is 0.0501. The zero-order valence-electron chi connectivity index (χ0n) is 9.16. The number of benzene rings is 1. The quantitative estimate of drug-likeness (QED) is 0.678. The standard InChI is InChI=1S/C11H8N4OS2/c12-5-7-2-1-3-8(4-7)9(16)6-17-11-15-14-10(13)18-11/h1-4H,6H2,(H2,13,14). The maximum Gasteiger partial charge on any atom is 0.203 e. The van der Waals surface area contributed by atoms with E-state index in [-0.39, 0.29) is 11.5 Å². The highest BCUT2D eigenvalue weighted by Gasteiger charge is 2.09. The van der Waals surface area contributed by atoms with Crippen molar-refractivity contribution in [1.82, 2.24) is 10.2 Å². The van der Waals surface area contributed by atoms with Crippen LogP contribution in [0.3, 0.4) is 0 Å². The van der Waals surface area contributed by atoms with E-state index in [1.165, 1.54) is 23.1 Å². The van der Waals surface area contributed by atoms with Crippen LogP contribution in [0.2, 0.25) is 0 Å². The zero-order chi connectivity index (χ0) is 13.0. The Kier molecular flexibility index (Phi) is 3.92. The van der Waals surface area contributed by atoms with Crippen molar-refractivity contribution in [2.75, 3.05) is 11.5 Å². The van der Waals surface area contributed by atoms with E-state index in [1.807, 2.05) is 6.07 Å². The molecule has 18 heavy (non-hydrogen) atoms. The highest BCUT2D eigenvalue weighted by molar-refractivity contribution is 8.01. The number of nitrogens with zero attached hydrogens (tertiary/aromatic N) is 3. The molecule has 5 nitrogen and oxygen atoms in total. The number of hydrogen-bond acceptors (Lipinski definition) is 7. The summed E-state index contributed by atoms with van der Waals surface area (Å²) in [6.45, 7) is 0. The molecule has 0 saturated heterocycles. The Morgan fingerprint density at radius 1 is 1.50 bits per heavy atom. The lowest BCUT2D eigenvalue weighted by Gasteiger charge is -1.99. The van der Waals surface area contributed by atoms with Gasteiger partial charge in [-0.1, -0.05) is 35.2 Å². The molecule has 2 rings (SSSR count). The van der Waals surface area contributed by atoms with E-state index >= 15 is 0 Å². The van der Waals surface area contributed by atoms with Gasteiger partial charge in [0.05, 0.1) is 17.4 Å². The van der Waals surface area contributed by atoms with E-state index < -0.39 is 0 Å². The summed E-state index contributed by atoms with van der Waals surface area (Å²) in [5, 5.41) is 16.6. The Labute approximate surface area is 112 Å². The highest BCUT2D eigenvalue weighted by Crippen LogP contribution is 2.24. The van der Waals surface area contributed by atoms with E-state index in [4.69, 9.17) is 11.0 Å². The first-order chi connectivity index (χ1) is 8.69. The van der Waals surface area contributed by atoms with E-state index in [1.54, 1.807) is 24.3 Å². The number of nitrogens with two attached hydrogens (primary N) is 1. The van der Waals surface area contributed by atoms with Crippen LogP contribution < -0.4 is 5.73 Å². The van der Waals surface area contributed by atoms with Crippen molar-refractivity contribution in [3.63, 3.8) is 0 Å².